The second kappa shape index (κ2) is 5.23. The molecule has 0 aliphatic carbocycles. The number of nitrogens with one attached hydrogen (secondary N) is 1. The lowest BCUT2D eigenvalue weighted by Crippen LogP contribution is -2.02. The molecule has 0 saturated heterocycles. The molecule has 94 valence electrons. The van der Waals surface area contributed by atoms with Gasteiger partial charge in [0.25, 0.3) is 0 Å². The van der Waals surface area contributed by atoms with Crippen molar-refractivity contribution in [3.05, 3.63) is 58.6 Å². The number of hydrogen-bond donors (Lipinski definition) is 2. The van der Waals surface area contributed by atoms with E-state index in [-0.39, 0.29) is 23.0 Å². The number of phenols is 1. The highest BCUT2D eigenvalue weighted by Gasteiger charge is 2.06. The number of phenolic OH excluding ortho intramolecular Hbond substituents is 1. The molecule has 0 aliphatic rings. The van der Waals surface area contributed by atoms with Crippen molar-refractivity contribution in [2.75, 3.05) is 5.32 Å². The Morgan fingerprint density at radius 3 is 2.67 bits per heavy atom. The van der Waals surface area contributed by atoms with Crippen LogP contribution in [0, 0.1) is 11.6 Å². The summed E-state index contributed by atoms with van der Waals surface area (Å²) in [6.07, 6.45) is 0. The summed E-state index contributed by atoms with van der Waals surface area (Å²) in [4.78, 5) is 0. The largest absolute Gasteiger partial charge is 0.508 e. The molecule has 2 aromatic carbocycles. The van der Waals surface area contributed by atoms with Crippen molar-refractivity contribution in [1.82, 2.24) is 0 Å². The van der Waals surface area contributed by atoms with Crippen LogP contribution in [0.4, 0.5) is 14.5 Å². The molecule has 0 aliphatic heterocycles. The molecule has 2 aromatic rings. The van der Waals surface area contributed by atoms with E-state index in [4.69, 9.17) is 11.6 Å². The second-order valence-electron chi connectivity index (χ2n) is 3.77. The summed E-state index contributed by atoms with van der Waals surface area (Å²) in [6.45, 7) is 0.183. The Morgan fingerprint density at radius 1 is 1.17 bits per heavy atom. The minimum atomic E-state index is -0.556. The van der Waals surface area contributed by atoms with Crippen molar-refractivity contribution in [2.24, 2.45) is 0 Å². The monoisotopic (exact) mass is 269 g/mol. The minimum absolute atomic E-state index is 0.0158. The first-order valence-electron chi connectivity index (χ1n) is 5.22. The third-order valence-electron chi connectivity index (χ3n) is 2.38. The standard InChI is InChI=1S/C13H10ClF2NO/c14-11-2-1-3-12(13(11)16)17-7-8-4-9(15)6-10(18)5-8/h1-6,17-18H,7H2. The Kier molecular flexibility index (Phi) is 3.67. The smallest absolute Gasteiger partial charge is 0.164 e. The molecular weight excluding hydrogens is 260 g/mol. The van der Waals surface area contributed by atoms with Crippen LogP contribution in [-0.2, 0) is 6.54 Å². The Hall–Kier alpha value is -1.81. The van der Waals surface area contributed by atoms with E-state index in [1.807, 2.05) is 0 Å². The van der Waals surface area contributed by atoms with E-state index in [0.717, 1.165) is 6.07 Å². The third-order valence-corrected chi connectivity index (χ3v) is 2.67. The second-order valence-corrected chi connectivity index (χ2v) is 4.18. The van der Waals surface area contributed by atoms with Crippen LogP contribution >= 0.6 is 11.6 Å². The van der Waals surface area contributed by atoms with Gasteiger partial charge in [0.05, 0.1) is 10.7 Å². The summed E-state index contributed by atoms with van der Waals surface area (Å²) >= 11 is 5.63. The number of rotatable bonds is 3. The van der Waals surface area contributed by atoms with Crippen molar-refractivity contribution in [3.63, 3.8) is 0 Å². The number of benzene rings is 2. The molecule has 0 spiro atoms. The maximum absolute atomic E-state index is 13.5. The van der Waals surface area contributed by atoms with Gasteiger partial charge < -0.3 is 10.4 Å². The highest BCUT2D eigenvalue weighted by Crippen LogP contribution is 2.23. The first-order valence-corrected chi connectivity index (χ1v) is 5.60. The van der Waals surface area contributed by atoms with Crippen molar-refractivity contribution in [2.45, 2.75) is 6.54 Å². The molecule has 0 unspecified atom stereocenters. The molecule has 0 radical (unpaired) electrons. The van der Waals surface area contributed by atoms with Gasteiger partial charge in [0.15, 0.2) is 5.82 Å². The molecule has 5 heteroatoms. The molecule has 0 bridgehead atoms. The molecule has 2 rings (SSSR count). The minimum Gasteiger partial charge on any atom is -0.508 e. The van der Waals surface area contributed by atoms with Crippen LogP contribution in [0.3, 0.4) is 0 Å². The lowest BCUT2D eigenvalue weighted by Gasteiger charge is -2.09. The van der Waals surface area contributed by atoms with Gasteiger partial charge in [-0.25, -0.2) is 8.78 Å². The lowest BCUT2D eigenvalue weighted by atomic mass is 10.2. The average molecular weight is 270 g/mol. The van der Waals surface area contributed by atoms with E-state index < -0.39 is 11.6 Å². The van der Waals surface area contributed by atoms with Gasteiger partial charge in [-0.3, -0.25) is 0 Å². The van der Waals surface area contributed by atoms with E-state index in [9.17, 15) is 13.9 Å². The zero-order valence-electron chi connectivity index (χ0n) is 9.25. The van der Waals surface area contributed by atoms with Crippen molar-refractivity contribution >= 4 is 17.3 Å². The van der Waals surface area contributed by atoms with Crippen LogP contribution in [0.5, 0.6) is 5.75 Å². The van der Waals surface area contributed by atoms with Gasteiger partial charge in [0, 0.05) is 12.6 Å². The maximum Gasteiger partial charge on any atom is 0.164 e. The summed E-state index contributed by atoms with van der Waals surface area (Å²) < 4.78 is 26.6. The SMILES string of the molecule is Oc1cc(F)cc(CNc2cccc(Cl)c2F)c1. The van der Waals surface area contributed by atoms with Crippen LogP contribution in [0.1, 0.15) is 5.56 Å². The van der Waals surface area contributed by atoms with Gasteiger partial charge in [-0.1, -0.05) is 17.7 Å². The molecule has 0 heterocycles. The van der Waals surface area contributed by atoms with Crippen molar-refractivity contribution in [1.29, 1.82) is 0 Å². The first-order chi connectivity index (χ1) is 8.56. The van der Waals surface area contributed by atoms with Crippen LogP contribution in [0.2, 0.25) is 5.02 Å². The molecule has 0 amide bonds. The zero-order valence-corrected chi connectivity index (χ0v) is 10.0. The Balaban J connectivity index is 2.14. The van der Waals surface area contributed by atoms with Gasteiger partial charge in [-0.05, 0) is 29.8 Å². The Labute approximate surface area is 108 Å². The summed E-state index contributed by atoms with van der Waals surface area (Å²) in [5.41, 5.74) is 0.734. The van der Waals surface area contributed by atoms with Crippen molar-refractivity contribution < 1.29 is 13.9 Å². The zero-order chi connectivity index (χ0) is 13.1. The summed E-state index contributed by atoms with van der Waals surface area (Å²) in [6, 6.07) is 8.24. The lowest BCUT2D eigenvalue weighted by molar-refractivity contribution is 0.468. The fraction of sp³-hybridized carbons (Fsp3) is 0.0769. The van der Waals surface area contributed by atoms with Crippen LogP contribution in [0.15, 0.2) is 36.4 Å². The molecule has 0 atom stereocenters. The topological polar surface area (TPSA) is 32.3 Å². The van der Waals surface area contributed by atoms with E-state index in [1.165, 1.54) is 24.3 Å². The van der Waals surface area contributed by atoms with Crippen LogP contribution < -0.4 is 5.32 Å². The molecule has 18 heavy (non-hydrogen) atoms. The predicted molar refractivity (Wildman–Crippen MR) is 66.8 cm³/mol. The van der Waals surface area contributed by atoms with Crippen LogP contribution in [-0.4, -0.2) is 5.11 Å². The van der Waals surface area contributed by atoms with E-state index in [1.54, 1.807) is 6.07 Å². The molecule has 0 aromatic heterocycles. The van der Waals surface area contributed by atoms with Gasteiger partial charge in [0.1, 0.15) is 11.6 Å². The van der Waals surface area contributed by atoms with E-state index in [2.05, 4.69) is 5.32 Å². The highest BCUT2D eigenvalue weighted by molar-refractivity contribution is 6.31. The first kappa shape index (κ1) is 12.6. The van der Waals surface area contributed by atoms with Gasteiger partial charge in [-0.2, -0.15) is 0 Å². The van der Waals surface area contributed by atoms with E-state index >= 15 is 0 Å². The van der Waals surface area contributed by atoms with Crippen molar-refractivity contribution in [3.8, 4) is 5.75 Å². The average Bonchev–Trinajstić information content (AvgIpc) is 2.30. The molecule has 2 nitrogen and oxygen atoms in total. The number of hydrogen-bond acceptors (Lipinski definition) is 2. The summed E-state index contributed by atoms with van der Waals surface area (Å²) in [5.74, 6) is -1.27. The summed E-state index contributed by atoms with van der Waals surface area (Å²) in [5, 5.41) is 12.0. The molecular formula is C13H10ClF2NO. The predicted octanol–water partition coefficient (Wildman–Crippen LogP) is 3.94. The molecule has 2 N–H and O–H groups in total. The third kappa shape index (κ3) is 2.90. The summed E-state index contributed by atoms with van der Waals surface area (Å²) in [7, 11) is 0. The number of halogens is 3. The van der Waals surface area contributed by atoms with Gasteiger partial charge in [-0.15, -0.1) is 0 Å². The fourth-order valence-electron chi connectivity index (χ4n) is 1.57. The number of aromatic hydroxyl groups is 1. The molecule has 0 saturated carbocycles. The fourth-order valence-corrected chi connectivity index (χ4v) is 1.75. The molecule has 0 fully saturated rings. The highest BCUT2D eigenvalue weighted by atomic mass is 35.5. The Morgan fingerprint density at radius 2 is 1.94 bits per heavy atom. The maximum atomic E-state index is 13.5. The Bertz CT molecular complexity index is 555. The van der Waals surface area contributed by atoms with Gasteiger partial charge in [0.2, 0.25) is 0 Å². The normalized spacial score (nSPS) is 10.4. The quantitative estimate of drug-likeness (QED) is 0.885. The van der Waals surface area contributed by atoms with Crippen LogP contribution in [0.25, 0.3) is 0 Å². The number of anilines is 1. The van der Waals surface area contributed by atoms with Gasteiger partial charge >= 0.3 is 0 Å². The van der Waals surface area contributed by atoms with E-state index in [0.29, 0.717) is 5.56 Å².